The first-order valence-electron chi connectivity index (χ1n) is 6.39. The van der Waals surface area contributed by atoms with Gasteiger partial charge in [-0.2, -0.15) is 0 Å². The van der Waals surface area contributed by atoms with Gasteiger partial charge >= 0.3 is 0 Å². The molecule has 0 spiro atoms. The predicted molar refractivity (Wildman–Crippen MR) is 82.7 cm³/mol. The molecule has 3 aromatic rings. The van der Waals surface area contributed by atoms with Crippen molar-refractivity contribution in [2.75, 3.05) is 0 Å². The lowest BCUT2D eigenvalue weighted by Gasteiger charge is -2.05. The van der Waals surface area contributed by atoms with Gasteiger partial charge in [-0.05, 0) is 35.7 Å². The Hall–Kier alpha value is -2.19. The molecule has 1 heterocycles. The molecule has 3 heteroatoms. The highest BCUT2D eigenvalue weighted by Gasteiger charge is 2.04. The smallest absolute Gasteiger partial charge is 0.223 e. The molecule has 98 valence electrons. The number of halogens is 1. The molecule has 0 N–H and O–H groups in total. The number of aryl methyl sites for hydroxylation is 1. The van der Waals surface area contributed by atoms with Gasteiger partial charge in [0.1, 0.15) is 0 Å². The molecule has 0 unspecified atom stereocenters. The second-order valence-corrected chi connectivity index (χ2v) is 4.95. The fourth-order valence-electron chi connectivity index (χ4n) is 2.14. The number of hydrogen-bond donors (Lipinski definition) is 0. The van der Waals surface area contributed by atoms with Gasteiger partial charge in [-0.3, -0.25) is 0 Å². The Bertz CT molecular complexity index is 701. The van der Waals surface area contributed by atoms with Gasteiger partial charge in [0.15, 0.2) is 0 Å². The molecule has 0 aliphatic heterocycles. The van der Waals surface area contributed by atoms with E-state index in [0.717, 1.165) is 17.0 Å². The van der Waals surface area contributed by atoms with Gasteiger partial charge in [0.2, 0.25) is 5.28 Å². The molecule has 0 saturated heterocycles. The zero-order chi connectivity index (χ0) is 13.9. The maximum Gasteiger partial charge on any atom is 0.223 e. The van der Waals surface area contributed by atoms with Gasteiger partial charge in [0, 0.05) is 11.3 Å². The van der Waals surface area contributed by atoms with Crippen LogP contribution in [0.25, 0.3) is 22.4 Å². The highest BCUT2D eigenvalue weighted by Crippen LogP contribution is 2.24. The van der Waals surface area contributed by atoms with Crippen LogP contribution in [-0.4, -0.2) is 9.97 Å². The highest BCUT2D eigenvalue weighted by molar-refractivity contribution is 6.28. The molecule has 20 heavy (non-hydrogen) atoms. The van der Waals surface area contributed by atoms with Crippen molar-refractivity contribution >= 4 is 11.6 Å². The first kappa shape index (κ1) is 12.8. The van der Waals surface area contributed by atoms with Gasteiger partial charge in [-0.15, -0.1) is 0 Å². The molecule has 0 aliphatic carbocycles. The van der Waals surface area contributed by atoms with Crippen LogP contribution in [0.15, 0.2) is 60.7 Å². The van der Waals surface area contributed by atoms with Crippen LogP contribution < -0.4 is 0 Å². The molecular formula is C17H13ClN2. The minimum absolute atomic E-state index is 0.284. The predicted octanol–water partition coefficient (Wildman–Crippen LogP) is 4.77. The van der Waals surface area contributed by atoms with Gasteiger partial charge in [-0.1, -0.05) is 54.6 Å². The molecule has 0 bridgehead atoms. The Kier molecular flexibility index (Phi) is 3.48. The molecule has 0 atom stereocenters. The molecule has 2 nitrogen and oxygen atoms in total. The first-order chi connectivity index (χ1) is 9.72. The maximum absolute atomic E-state index is 5.90. The molecule has 0 saturated carbocycles. The molecule has 1 aromatic heterocycles. The van der Waals surface area contributed by atoms with Crippen LogP contribution in [0.3, 0.4) is 0 Å². The summed E-state index contributed by atoms with van der Waals surface area (Å²) < 4.78 is 0. The molecule has 2 aromatic carbocycles. The number of aromatic nitrogens is 2. The summed E-state index contributed by atoms with van der Waals surface area (Å²) in [5, 5.41) is 0.284. The van der Waals surface area contributed by atoms with Gasteiger partial charge in [0.05, 0.1) is 5.69 Å². The summed E-state index contributed by atoms with van der Waals surface area (Å²) in [6.45, 7) is 1.91. The average molecular weight is 281 g/mol. The van der Waals surface area contributed by atoms with Crippen LogP contribution in [0.1, 0.15) is 5.69 Å². The summed E-state index contributed by atoms with van der Waals surface area (Å²) in [7, 11) is 0. The molecular weight excluding hydrogens is 268 g/mol. The Balaban J connectivity index is 1.97. The van der Waals surface area contributed by atoms with Gasteiger partial charge in [-0.25, -0.2) is 9.97 Å². The van der Waals surface area contributed by atoms with E-state index in [-0.39, 0.29) is 5.28 Å². The number of rotatable bonds is 2. The number of hydrogen-bond acceptors (Lipinski definition) is 2. The van der Waals surface area contributed by atoms with E-state index in [0.29, 0.717) is 0 Å². The number of nitrogens with zero attached hydrogens (tertiary/aromatic N) is 2. The Labute approximate surface area is 123 Å². The lowest BCUT2D eigenvalue weighted by molar-refractivity contribution is 1.11. The Morgan fingerprint density at radius 1 is 0.750 bits per heavy atom. The van der Waals surface area contributed by atoms with E-state index in [1.165, 1.54) is 11.1 Å². The first-order valence-corrected chi connectivity index (χ1v) is 6.77. The van der Waals surface area contributed by atoms with Gasteiger partial charge < -0.3 is 0 Å². The van der Waals surface area contributed by atoms with E-state index >= 15 is 0 Å². The summed E-state index contributed by atoms with van der Waals surface area (Å²) >= 11 is 5.90. The summed E-state index contributed by atoms with van der Waals surface area (Å²) in [5.74, 6) is 0. The third-order valence-electron chi connectivity index (χ3n) is 3.11. The van der Waals surface area contributed by atoms with E-state index in [4.69, 9.17) is 11.6 Å². The second-order valence-electron chi connectivity index (χ2n) is 4.61. The molecule has 0 fully saturated rings. The van der Waals surface area contributed by atoms with E-state index in [2.05, 4.69) is 46.4 Å². The fourth-order valence-corrected chi connectivity index (χ4v) is 2.37. The van der Waals surface area contributed by atoms with Gasteiger partial charge in [0.25, 0.3) is 0 Å². The lowest BCUT2D eigenvalue weighted by atomic mass is 10.0. The average Bonchev–Trinajstić information content (AvgIpc) is 2.47. The Morgan fingerprint density at radius 3 is 2.00 bits per heavy atom. The summed E-state index contributed by atoms with van der Waals surface area (Å²) in [6, 6.07) is 20.5. The van der Waals surface area contributed by atoms with Crippen molar-refractivity contribution < 1.29 is 0 Å². The SMILES string of the molecule is Cc1cc(-c2ccc(-c3ccccc3)cc2)nc(Cl)n1. The largest absolute Gasteiger partial charge is 0.223 e. The van der Waals surface area contributed by atoms with Crippen molar-refractivity contribution in [3.63, 3.8) is 0 Å². The summed E-state index contributed by atoms with van der Waals surface area (Å²) in [6.07, 6.45) is 0. The summed E-state index contributed by atoms with van der Waals surface area (Å²) in [4.78, 5) is 8.34. The number of benzene rings is 2. The second kappa shape index (κ2) is 5.43. The van der Waals surface area contributed by atoms with E-state index < -0.39 is 0 Å². The zero-order valence-corrected chi connectivity index (χ0v) is 11.8. The lowest BCUT2D eigenvalue weighted by Crippen LogP contribution is -1.90. The fraction of sp³-hybridized carbons (Fsp3) is 0.0588. The molecule has 0 amide bonds. The van der Waals surface area contributed by atoms with Crippen molar-refractivity contribution in [3.05, 3.63) is 71.6 Å². The highest BCUT2D eigenvalue weighted by atomic mass is 35.5. The quantitative estimate of drug-likeness (QED) is 0.632. The Morgan fingerprint density at radius 2 is 1.35 bits per heavy atom. The van der Waals surface area contributed by atoms with Crippen LogP contribution in [0, 0.1) is 6.92 Å². The topological polar surface area (TPSA) is 25.8 Å². The van der Waals surface area contributed by atoms with Crippen LogP contribution in [0.4, 0.5) is 0 Å². The van der Waals surface area contributed by atoms with E-state index in [9.17, 15) is 0 Å². The monoisotopic (exact) mass is 280 g/mol. The minimum Gasteiger partial charge on any atom is -0.223 e. The van der Waals surface area contributed by atoms with Crippen LogP contribution >= 0.6 is 11.6 Å². The van der Waals surface area contributed by atoms with E-state index in [1.807, 2.05) is 31.2 Å². The molecule has 0 aliphatic rings. The van der Waals surface area contributed by atoms with Crippen LogP contribution in [0.5, 0.6) is 0 Å². The third kappa shape index (κ3) is 2.70. The van der Waals surface area contributed by atoms with Crippen molar-refractivity contribution in [3.8, 4) is 22.4 Å². The third-order valence-corrected chi connectivity index (χ3v) is 3.28. The zero-order valence-electron chi connectivity index (χ0n) is 11.0. The summed E-state index contributed by atoms with van der Waals surface area (Å²) in [5.41, 5.74) is 5.15. The standard InChI is InChI=1S/C17H13ClN2/c1-12-11-16(20-17(18)19-12)15-9-7-14(8-10-15)13-5-3-2-4-6-13/h2-11H,1H3. The minimum atomic E-state index is 0.284. The van der Waals surface area contributed by atoms with Crippen molar-refractivity contribution in [1.82, 2.24) is 9.97 Å². The van der Waals surface area contributed by atoms with Crippen molar-refractivity contribution in [2.45, 2.75) is 6.92 Å². The van der Waals surface area contributed by atoms with Crippen molar-refractivity contribution in [1.29, 1.82) is 0 Å². The maximum atomic E-state index is 5.90. The molecule has 0 radical (unpaired) electrons. The van der Waals surface area contributed by atoms with E-state index in [1.54, 1.807) is 0 Å². The molecule has 3 rings (SSSR count). The van der Waals surface area contributed by atoms with Crippen LogP contribution in [0.2, 0.25) is 5.28 Å². The van der Waals surface area contributed by atoms with Crippen LogP contribution in [-0.2, 0) is 0 Å². The van der Waals surface area contributed by atoms with Crippen molar-refractivity contribution in [2.24, 2.45) is 0 Å². The normalized spacial score (nSPS) is 10.5.